The van der Waals surface area contributed by atoms with Crippen molar-refractivity contribution in [1.82, 2.24) is 20.2 Å². The first-order chi connectivity index (χ1) is 15.0. The molecule has 164 valence electrons. The van der Waals surface area contributed by atoms with Gasteiger partial charge in [0, 0.05) is 54.8 Å². The van der Waals surface area contributed by atoms with Crippen LogP contribution in [-0.2, 0) is 10.5 Å². The zero-order valence-corrected chi connectivity index (χ0v) is 19.4. The van der Waals surface area contributed by atoms with Gasteiger partial charge in [-0.15, -0.1) is 11.8 Å². The van der Waals surface area contributed by atoms with Crippen LogP contribution < -0.4 is 10.2 Å². The van der Waals surface area contributed by atoms with E-state index >= 15 is 0 Å². The van der Waals surface area contributed by atoms with Crippen molar-refractivity contribution in [3.63, 3.8) is 0 Å². The van der Waals surface area contributed by atoms with E-state index in [-0.39, 0.29) is 11.8 Å². The quantitative estimate of drug-likeness (QED) is 0.775. The average Bonchev–Trinajstić information content (AvgIpc) is 3.18. The molecular weight excluding hydrogens is 406 g/mol. The van der Waals surface area contributed by atoms with Gasteiger partial charge >= 0.3 is 0 Å². The van der Waals surface area contributed by atoms with Gasteiger partial charge in [0.15, 0.2) is 0 Å². The Kier molecular flexibility index (Phi) is 5.65. The van der Waals surface area contributed by atoms with Crippen LogP contribution in [0.25, 0.3) is 0 Å². The molecule has 0 saturated carbocycles. The molecule has 6 nitrogen and oxygen atoms in total. The minimum absolute atomic E-state index is 0.153. The van der Waals surface area contributed by atoms with Crippen molar-refractivity contribution in [2.45, 2.75) is 56.2 Å². The predicted molar refractivity (Wildman–Crippen MR) is 125 cm³/mol. The molecule has 0 radical (unpaired) electrons. The third kappa shape index (κ3) is 3.94. The van der Waals surface area contributed by atoms with Gasteiger partial charge in [0.1, 0.15) is 12.1 Å². The first-order valence-corrected chi connectivity index (χ1v) is 12.4. The molecule has 1 N–H and O–H groups in total. The minimum atomic E-state index is -0.153. The number of aromatic nitrogens is 2. The standard InChI is InChI=1S/C24H31N5OS/c1-15(2)25-11-19(17-6-4-16(3)5-7-17)24(30)28-8-9-29-18(12-28)10-21-22-20(13-31-21)26-14-27-23(22)29/h4-7,14-15,18-19,21,25H,8-13H2,1-3H3/t18-,19?,21+/m0/s1. The highest BCUT2D eigenvalue weighted by molar-refractivity contribution is 7.99. The Morgan fingerprint density at radius 1 is 1.23 bits per heavy atom. The summed E-state index contributed by atoms with van der Waals surface area (Å²) in [4.78, 5) is 27.4. The molecule has 7 heteroatoms. The van der Waals surface area contributed by atoms with Crippen molar-refractivity contribution in [1.29, 1.82) is 0 Å². The Balaban J connectivity index is 1.36. The summed E-state index contributed by atoms with van der Waals surface area (Å²) in [6.45, 7) is 9.38. The summed E-state index contributed by atoms with van der Waals surface area (Å²) in [6.07, 6.45) is 2.78. The average molecular weight is 438 g/mol. The topological polar surface area (TPSA) is 61.4 Å². The van der Waals surface area contributed by atoms with Crippen LogP contribution in [0.2, 0.25) is 0 Å². The van der Waals surface area contributed by atoms with Gasteiger partial charge in [0.05, 0.1) is 11.6 Å². The molecule has 2 aromatic rings. The largest absolute Gasteiger partial charge is 0.350 e. The van der Waals surface area contributed by atoms with Gasteiger partial charge in [-0.2, -0.15) is 0 Å². The van der Waals surface area contributed by atoms with Crippen molar-refractivity contribution >= 4 is 23.5 Å². The van der Waals surface area contributed by atoms with Crippen molar-refractivity contribution < 1.29 is 4.79 Å². The van der Waals surface area contributed by atoms with Crippen LogP contribution >= 0.6 is 11.8 Å². The van der Waals surface area contributed by atoms with Crippen molar-refractivity contribution in [2.75, 3.05) is 31.1 Å². The van der Waals surface area contributed by atoms with E-state index in [1.807, 2.05) is 11.8 Å². The number of aryl methyl sites for hydroxylation is 1. The number of piperazine rings is 1. The number of carbonyl (C=O) groups is 1. The molecule has 1 aromatic carbocycles. The van der Waals surface area contributed by atoms with E-state index in [0.717, 1.165) is 43.2 Å². The number of anilines is 1. The highest BCUT2D eigenvalue weighted by atomic mass is 32.2. The number of amides is 1. The van der Waals surface area contributed by atoms with E-state index in [9.17, 15) is 4.79 Å². The molecule has 3 aliphatic rings. The molecule has 0 bridgehead atoms. The van der Waals surface area contributed by atoms with E-state index in [1.54, 1.807) is 6.33 Å². The van der Waals surface area contributed by atoms with E-state index < -0.39 is 0 Å². The van der Waals surface area contributed by atoms with Gasteiger partial charge in [0.25, 0.3) is 0 Å². The SMILES string of the molecule is Cc1ccc(C(CNC(C)C)C(=O)N2CCN3c4ncnc5c4[C@@H](C[C@H]3C2)SC5)cc1. The summed E-state index contributed by atoms with van der Waals surface area (Å²) in [5, 5.41) is 3.96. The molecule has 1 saturated heterocycles. The fourth-order valence-electron chi connectivity index (χ4n) is 5.05. The maximum absolute atomic E-state index is 13.7. The fourth-order valence-corrected chi connectivity index (χ4v) is 6.40. The first kappa shape index (κ1) is 20.8. The molecule has 31 heavy (non-hydrogen) atoms. The van der Waals surface area contributed by atoms with Crippen LogP contribution in [0.15, 0.2) is 30.6 Å². The molecule has 0 spiro atoms. The summed E-state index contributed by atoms with van der Waals surface area (Å²) in [5.41, 5.74) is 4.87. The molecule has 0 aliphatic carbocycles. The molecule has 1 unspecified atom stereocenters. The third-order valence-electron chi connectivity index (χ3n) is 6.75. The monoisotopic (exact) mass is 437 g/mol. The number of nitrogens with one attached hydrogen (secondary N) is 1. The van der Waals surface area contributed by atoms with Crippen LogP contribution in [0.1, 0.15) is 53.8 Å². The Morgan fingerprint density at radius 2 is 2.03 bits per heavy atom. The Labute approximate surface area is 188 Å². The van der Waals surface area contributed by atoms with Crippen LogP contribution in [0.5, 0.6) is 0 Å². The van der Waals surface area contributed by atoms with E-state index in [2.05, 4.69) is 70.1 Å². The van der Waals surface area contributed by atoms with Gasteiger partial charge in [-0.05, 0) is 18.9 Å². The van der Waals surface area contributed by atoms with Crippen molar-refractivity contribution in [2.24, 2.45) is 0 Å². The number of hydrogen-bond donors (Lipinski definition) is 1. The Morgan fingerprint density at radius 3 is 2.81 bits per heavy atom. The van der Waals surface area contributed by atoms with Gasteiger partial charge in [-0.1, -0.05) is 43.7 Å². The number of carbonyl (C=O) groups excluding carboxylic acids is 1. The summed E-state index contributed by atoms with van der Waals surface area (Å²) in [6, 6.07) is 9.12. The molecular formula is C24H31N5OS. The maximum Gasteiger partial charge on any atom is 0.231 e. The van der Waals surface area contributed by atoms with E-state index in [0.29, 0.717) is 23.9 Å². The number of hydrogen-bond acceptors (Lipinski definition) is 6. The minimum Gasteiger partial charge on any atom is -0.350 e. The van der Waals surface area contributed by atoms with Crippen LogP contribution in [-0.4, -0.2) is 59.0 Å². The van der Waals surface area contributed by atoms with E-state index in [1.165, 1.54) is 16.8 Å². The van der Waals surface area contributed by atoms with Gasteiger partial charge in [0.2, 0.25) is 5.91 Å². The molecule has 1 amide bonds. The summed E-state index contributed by atoms with van der Waals surface area (Å²) < 4.78 is 0. The summed E-state index contributed by atoms with van der Waals surface area (Å²) in [5.74, 6) is 2.18. The van der Waals surface area contributed by atoms with Crippen LogP contribution in [0, 0.1) is 6.92 Å². The Bertz CT molecular complexity index is 963. The second-order valence-corrected chi connectivity index (χ2v) is 10.4. The normalized spacial score (nSPS) is 23.0. The lowest BCUT2D eigenvalue weighted by Gasteiger charge is -2.47. The lowest BCUT2D eigenvalue weighted by atomic mass is 9.92. The number of benzene rings is 1. The predicted octanol–water partition coefficient (Wildman–Crippen LogP) is 3.28. The summed E-state index contributed by atoms with van der Waals surface area (Å²) in [7, 11) is 0. The molecule has 1 fully saturated rings. The van der Waals surface area contributed by atoms with Crippen molar-refractivity contribution in [3.05, 3.63) is 53.0 Å². The maximum atomic E-state index is 13.7. The van der Waals surface area contributed by atoms with Crippen LogP contribution in [0.3, 0.4) is 0 Å². The molecule has 1 aromatic heterocycles. The van der Waals surface area contributed by atoms with Gasteiger partial charge in [-0.25, -0.2) is 9.97 Å². The number of rotatable bonds is 5. The fraction of sp³-hybridized carbons (Fsp3) is 0.542. The zero-order valence-electron chi connectivity index (χ0n) is 18.5. The highest BCUT2D eigenvalue weighted by Gasteiger charge is 2.42. The molecule has 3 atom stereocenters. The highest BCUT2D eigenvalue weighted by Crippen LogP contribution is 2.51. The lowest BCUT2D eigenvalue weighted by Crippen LogP contribution is -2.58. The Hall–Kier alpha value is -2.12. The summed E-state index contributed by atoms with van der Waals surface area (Å²) >= 11 is 1.98. The van der Waals surface area contributed by atoms with Crippen LogP contribution in [0.4, 0.5) is 5.82 Å². The molecule has 4 heterocycles. The second kappa shape index (κ2) is 8.43. The number of thioether (sulfide) groups is 1. The third-order valence-corrected chi connectivity index (χ3v) is 8.02. The number of nitrogens with zero attached hydrogens (tertiary/aromatic N) is 4. The van der Waals surface area contributed by atoms with Gasteiger partial charge in [-0.3, -0.25) is 4.79 Å². The zero-order chi connectivity index (χ0) is 21.5. The smallest absolute Gasteiger partial charge is 0.231 e. The molecule has 5 rings (SSSR count). The second-order valence-electron chi connectivity index (χ2n) is 9.25. The first-order valence-electron chi connectivity index (χ1n) is 11.3. The van der Waals surface area contributed by atoms with Crippen molar-refractivity contribution in [3.8, 4) is 0 Å². The molecule has 3 aliphatic heterocycles. The lowest BCUT2D eigenvalue weighted by molar-refractivity contribution is -0.133. The van der Waals surface area contributed by atoms with E-state index in [4.69, 9.17) is 0 Å². The van der Waals surface area contributed by atoms with Gasteiger partial charge < -0.3 is 15.1 Å². The number of fused-ring (bicyclic) bond motifs is 2.